The summed E-state index contributed by atoms with van der Waals surface area (Å²) in [5, 5.41) is 5.04. The van der Waals surface area contributed by atoms with E-state index in [-0.39, 0.29) is 5.75 Å². The summed E-state index contributed by atoms with van der Waals surface area (Å²) in [6, 6.07) is 5.61. The van der Waals surface area contributed by atoms with E-state index in [9.17, 15) is 8.42 Å². The number of nitrogens with two attached hydrogens (primary N) is 1. The number of benzene rings is 1. The van der Waals surface area contributed by atoms with Gasteiger partial charge in [-0.2, -0.15) is 0 Å². The minimum atomic E-state index is -3.45. The molecule has 0 saturated heterocycles. The van der Waals surface area contributed by atoms with Gasteiger partial charge < -0.3 is 4.74 Å². The monoisotopic (exact) mass is 227 g/mol. The number of fused-ring (bicyclic) bond motifs is 1. The summed E-state index contributed by atoms with van der Waals surface area (Å²) in [6.45, 7) is 1.21. The molecule has 2 rings (SSSR count). The Balaban J connectivity index is 2.39. The molecule has 2 N–H and O–H groups in total. The van der Waals surface area contributed by atoms with Crippen molar-refractivity contribution >= 4 is 10.0 Å². The average Bonchev–Trinajstić information content (AvgIpc) is 2.16. The van der Waals surface area contributed by atoms with E-state index < -0.39 is 10.0 Å². The maximum Gasteiger partial charge on any atom is 0.213 e. The first-order chi connectivity index (χ1) is 7.06. The Labute approximate surface area is 89.1 Å². The topological polar surface area (TPSA) is 69.4 Å². The van der Waals surface area contributed by atoms with Crippen molar-refractivity contribution in [3.8, 4) is 0 Å². The van der Waals surface area contributed by atoms with E-state index in [2.05, 4.69) is 0 Å². The third kappa shape index (κ3) is 2.56. The lowest BCUT2D eigenvalue weighted by Crippen LogP contribution is -2.18. The van der Waals surface area contributed by atoms with Gasteiger partial charge in [0, 0.05) is 0 Å². The highest BCUT2D eigenvalue weighted by atomic mass is 32.2. The first-order valence-electron chi connectivity index (χ1n) is 4.74. The fourth-order valence-electron chi connectivity index (χ4n) is 1.85. The SMILES string of the molecule is NS(=O)(=O)Cc1cccc2c1CCOC2. The zero-order valence-electron chi connectivity index (χ0n) is 8.27. The molecule has 0 unspecified atom stereocenters. The van der Waals surface area contributed by atoms with Crippen LogP contribution >= 0.6 is 0 Å². The van der Waals surface area contributed by atoms with Crippen LogP contribution in [0, 0.1) is 0 Å². The fourth-order valence-corrected chi connectivity index (χ4v) is 2.56. The minimum Gasteiger partial charge on any atom is -0.376 e. The number of ether oxygens (including phenoxy) is 1. The lowest BCUT2D eigenvalue weighted by atomic mass is 9.98. The Hall–Kier alpha value is -0.910. The Morgan fingerprint density at radius 2 is 2.20 bits per heavy atom. The molecule has 0 aromatic heterocycles. The first kappa shape index (κ1) is 10.6. The van der Waals surface area contributed by atoms with Gasteiger partial charge in [0.05, 0.1) is 19.0 Å². The van der Waals surface area contributed by atoms with E-state index in [0.717, 1.165) is 23.1 Å². The van der Waals surface area contributed by atoms with Crippen LogP contribution in [-0.2, 0) is 33.5 Å². The molecule has 1 heterocycles. The number of primary sulfonamides is 1. The van der Waals surface area contributed by atoms with Crippen LogP contribution in [0.4, 0.5) is 0 Å². The second-order valence-electron chi connectivity index (χ2n) is 3.66. The summed E-state index contributed by atoms with van der Waals surface area (Å²) >= 11 is 0. The predicted molar refractivity (Wildman–Crippen MR) is 56.6 cm³/mol. The van der Waals surface area contributed by atoms with Crippen molar-refractivity contribution in [1.29, 1.82) is 0 Å². The van der Waals surface area contributed by atoms with Gasteiger partial charge in [-0.15, -0.1) is 0 Å². The van der Waals surface area contributed by atoms with Crippen molar-refractivity contribution in [3.63, 3.8) is 0 Å². The molecule has 0 aliphatic carbocycles. The smallest absolute Gasteiger partial charge is 0.213 e. The molecule has 0 fully saturated rings. The molecule has 82 valence electrons. The van der Waals surface area contributed by atoms with Gasteiger partial charge in [0.25, 0.3) is 0 Å². The van der Waals surface area contributed by atoms with Gasteiger partial charge >= 0.3 is 0 Å². The molecule has 0 saturated carbocycles. The van der Waals surface area contributed by atoms with Crippen molar-refractivity contribution in [2.24, 2.45) is 5.14 Å². The van der Waals surface area contributed by atoms with Crippen LogP contribution in [-0.4, -0.2) is 15.0 Å². The standard InChI is InChI=1S/C10H13NO3S/c11-15(12,13)7-9-3-1-2-8-6-14-5-4-10(8)9/h1-3H,4-7H2,(H2,11,12,13). The minimum absolute atomic E-state index is 0.0871. The Bertz CT molecular complexity index is 468. The van der Waals surface area contributed by atoms with Crippen molar-refractivity contribution < 1.29 is 13.2 Å². The van der Waals surface area contributed by atoms with Crippen molar-refractivity contribution in [3.05, 3.63) is 34.9 Å². The summed E-state index contributed by atoms with van der Waals surface area (Å²) in [5.74, 6) is -0.0871. The van der Waals surface area contributed by atoms with Crippen molar-refractivity contribution in [2.75, 3.05) is 6.61 Å². The molecular formula is C10H13NO3S. The third-order valence-electron chi connectivity index (χ3n) is 2.48. The van der Waals surface area contributed by atoms with Gasteiger partial charge in [0.15, 0.2) is 0 Å². The molecule has 0 atom stereocenters. The summed E-state index contributed by atoms with van der Waals surface area (Å²) < 4.78 is 27.4. The normalized spacial score (nSPS) is 16.1. The highest BCUT2D eigenvalue weighted by molar-refractivity contribution is 7.88. The highest BCUT2D eigenvalue weighted by Gasteiger charge is 2.15. The number of rotatable bonds is 2. The molecule has 0 bridgehead atoms. The maximum absolute atomic E-state index is 11.0. The van der Waals surface area contributed by atoms with Crippen LogP contribution < -0.4 is 5.14 Å². The van der Waals surface area contributed by atoms with Crippen LogP contribution in [0.2, 0.25) is 0 Å². The van der Waals surface area contributed by atoms with Crippen LogP contribution in [0.5, 0.6) is 0 Å². The first-order valence-corrected chi connectivity index (χ1v) is 6.46. The Morgan fingerprint density at radius 1 is 1.40 bits per heavy atom. The second kappa shape index (κ2) is 3.92. The molecule has 4 nitrogen and oxygen atoms in total. The van der Waals surface area contributed by atoms with Gasteiger partial charge in [0.1, 0.15) is 0 Å². The van der Waals surface area contributed by atoms with E-state index in [0.29, 0.717) is 13.2 Å². The largest absolute Gasteiger partial charge is 0.376 e. The zero-order chi connectivity index (χ0) is 10.9. The Morgan fingerprint density at radius 3 is 2.93 bits per heavy atom. The molecule has 1 aliphatic heterocycles. The molecule has 1 aromatic rings. The molecule has 0 spiro atoms. The predicted octanol–water partition coefficient (Wildman–Crippen LogP) is 0.548. The lowest BCUT2D eigenvalue weighted by Gasteiger charge is -2.19. The van der Waals surface area contributed by atoms with Gasteiger partial charge in [-0.3, -0.25) is 0 Å². The summed E-state index contributed by atoms with van der Waals surface area (Å²) in [5.41, 5.74) is 2.96. The molecule has 1 aliphatic rings. The highest BCUT2D eigenvalue weighted by Crippen LogP contribution is 2.21. The van der Waals surface area contributed by atoms with Crippen LogP contribution in [0.1, 0.15) is 16.7 Å². The van der Waals surface area contributed by atoms with E-state index in [1.54, 1.807) is 0 Å². The van der Waals surface area contributed by atoms with E-state index >= 15 is 0 Å². The van der Waals surface area contributed by atoms with E-state index in [4.69, 9.17) is 9.88 Å². The molecule has 15 heavy (non-hydrogen) atoms. The van der Waals surface area contributed by atoms with Gasteiger partial charge in [0.2, 0.25) is 10.0 Å². The van der Waals surface area contributed by atoms with Crippen LogP contribution in [0.15, 0.2) is 18.2 Å². The van der Waals surface area contributed by atoms with Gasteiger partial charge in [-0.05, 0) is 23.1 Å². The molecule has 0 radical (unpaired) electrons. The molecule has 1 aromatic carbocycles. The second-order valence-corrected chi connectivity index (χ2v) is 5.28. The number of sulfonamides is 1. The average molecular weight is 227 g/mol. The molecule has 5 heteroatoms. The summed E-state index contributed by atoms with van der Waals surface area (Å²) in [6.07, 6.45) is 0.765. The number of hydrogen-bond acceptors (Lipinski definition) is 3. The van der Waals surface area contributed by atoms with Crippen LogP contribution in [0.3, 0.4) is 0 Å². The quantitative estimate of drug-likeness (QED) is 0.802. The van der Waals surface area contributed by atoms with E-state index in [1.165, 1.54) is 0 Å². The van der Waals surface area contributed by atoms with Crippen molar-refractivity contribution in [1.82, 2.24) is 0 Å². The molecule has 0 amide bonds. The molecular weight excluding hydrogens is 214 g/mol. The summed E-state index contributed by atoms with van der Waals surface area (Å²) in [4.78, 5) is 0. The maximum atomic E-state index is 11.0. The number of hydrogen-bond donors (Lipinski definition) is 1. The van der Waals surface area contributed by atoms with Crippen LogP contribution in [0.25, 0.3) is 0 Å². The zero-order valence-corrected chi connectivity index (χ0v) is 9.09. The third-order valence-corrected chi connectivity index (χ3v) is 3.19. The Kier molecular flexibility index (Phi) is 2.77. The van der Waals surface area contributed by atoms with E-state index in [1.807, 2.05) is 18.2 Å². The van der Waals surface area contributed by atoms with Gasteiger partial charge in [-0.1, -0.05) is 18.2 Å². The fraction of sp³-hybridized carbons (Fsp3) is 0.400. The lowest BCUT2D eigenvalue weighted by molar-refractivity contribution is 0.110. The van der Waals surface area contributed by atoms with Crippen molar-refractivity contribution in [2.45, 2.75) is 18.8 Å². The van der Waals surface area contributed by atoms with Gasteiger partial charge in [-0.25, -0.2) is 13.6 Å². The summed E-state index contributed by atoms with van der Waals surface area (Å²) in [7, 11) is -3.45.